The highest BCUT2D eigenvalue weighted by Crippen LogP contribution is 2.28. The second-order valence-corrected chi connectivity index (χ2v) is 6.08. The van der Waals surface area contributed by atoms with Crippen LogP contribution in [0, 0.1) is 0 Å². The Kier molecular flexibility index (Phi) is 4.15. The Morgan fingerprint density at radius 1 is 1.27 bits per heavy atom. The summed E-state index contributed by atoms with van der Waals surface area (Å²) in [5, 5.41) is 3.43. The van der Waals surface area contributed by atoms with Crippen LogP contribution in [0.25, 0.3) is 6.08 Å². The molecule has 0 radical (unpaired) electrons. The van der Waals surface area contributed by atoms with Crippen LogP contribution in [0.5, 0.6) is 0 Å². The number of carbonyl (C=O) groups is 1. The van der Waals surface area contributed by atoms with E-state index in [1.54, 1.807) is 0 Å². The third-order valence-electron chi connectivity index (χ3n) is 3.49. The van der Waals surface area contributed by atoms with Crippen molar-refractivity contribution in [2.75, 3.05) is 0 Å². The predicted octanol–water partition coefficient (Wildman–Crippen LogP) is 3.48. The monoisotopic (exact) mass is 311 g/mol. The fraction of sp³-hybridized carbons (Fsp3) is 0.176. The molecule has 1 amide bonds. The summed E-state index contributed by atoms with van der Waals surface area (Å²) in [6.07, 6.45) is 4.84. The second kappa shape index (κ2) is 6.23. The van der Waals surface area contributed by atoms with Crippen molar-refractivity contribution in [1.82, 2.24) is 9.88 Å². The summed E-state index contributed by atoms with van der Waals surface area (Å²) in [4.78, 5) is 17.2. The van der Waals surface area contributed by atoms with Crippen molar-refractivity contribution in [1.29, 1.82) is 0 Å². The van der Waals surface area contributed by atoms with Gasteiger partial charge in [0, 0.05) is 18.9 Å². The number of aryl methyl sites for hydroxylation is 2. The molecule has 1 aromatic carbocycles. The Bertz CT molecular complexity index is 756. The molecule has 1 N–H and O–H groups in total. The molecule has 1 aliphatic rings. The highest BCUT2D eigenvalue weighted by atomic mass is 32.2. The topological polar surface area (TPSA) is 46.4 Å². The van der Waals surface area contributed by atoms with Crippen molar-refractivity contribution in [3.63, 3.8) is 0 Å². The first-order valence-corrected chi connectivity index (χ1v) is 7.97. The fourth-order valence-electron chi connectivity index (χ4n) is 2.16. The average Bonchev–Trinajstić information content (AvgIpc) is 3.07. The van der Waals surface area contributed by atoms with Crippen LogP contribution < -0.4 is 5.32 Å². The molecule has 4 nitrogen and oxygen atoms in total. The quantitative estimate of drug-likeness (QED) is 0.882. The molecule has 3 rings (SSSR count). The van der Waals surface area contributed by atoms with Gasteiger partial charge in [-0.15, -0.1) is 0 Å². The Morgan fingerprint density at radius 2 is 2.05 bits per heavy atom. The summed E-state index contributed by atoms with van der Waals surface area (Å²) in [5.41, 5.74) is 3.11. The molecule has 0 unspecified atom stereocenters. The van der Waals surface area contributed by atoms with E-state index in [9.17, 15) is 4.79 Å². The largest absolute Gasteiger partial charge is 0.351 e. The Hall–Kier alpha value is -2.27. The van der Waals surface area contributed by atoms with Gasteiger partial charge in [-0.25, -0.2) is 4.99 Å². The zero-order chi connectivity index (χ0) is 15.5. The van der Waals surface area contributed by atoms with E-state index < -0.39 is 0 Å². The number of rotatable bonds is 3. The number of amidine groups is 1. The van der Waals surface area contributed by atoms with E-state index in [1.807, 2.05) is 48.2 Å². The summed E-state index contributed by atoms with van der Waals surface area (Å²) in [6.45, 7) is 2.12. The van der Waals surface area contributed by atoms with Crippen LogP contribution in [-0.2, 0) is 18.3 Å². The number of aromatic nitrogens is 1. The lowest BCUT2D eigenvalue weighted by Crippen LogP contribution is -2.19. The Labute approximate surface area is 133 Å². The van der Waals surface area contributed by atoms with Gasteiger partial charge in [-0.2, -0.15) is 0 Å². The van der Waals surface area contributed by atoms with E-state index in [0.29, 0.717) is 10.1 Å². The second-order valence-electron chi connectivity index (χ2n) is 5.05. The number of benzene rings is 1. The number of aliphatic imine (C=N–C) groups is 1. The van der Waals surface area contributed by atoms with Gasteiger partial charge in [-0.05, 0) is 54.1 Å². The van der Waals surface area contributed by atoms with Crippen molar-refractivity contribution < 1.29 is 4.79 Å². The van der Waals surface area contributed by atoms with Gasteiger partial charge in [0.25, 0.3) is 5.91 Å². The molecule has 2 heterocycles. The van der Waals surface area contributed by atoms with Crippen molar-refractivity contribution in [2.24, 2.45) is 12.0 Å². The normalized spacial score (nSPS) is 18.2. The summed E-state index contributed by atoms with van der Waals surface area (Å²) in [5.74, 6) is -0.102. The first-order chi connectivity index (χ1) is 10.7. The van der Waals surface area contributed by atoms with Crippen LogP contribution in [0.3, 0.4) is 0 Å². The van der Waals surface area contributed by atoms with Gasteiger partial charge in [0.05, 0.1) is 10.6 Å². The summed E-state index contributed by atoms with van der Waals surface area (Å²) >= 11 is 1.37. The van der Waals surface area contributed by atoms with Crippen LogP contribution in [0.1, 0.15) is 18.2 Å². The zero-order valence-corrected chi connectivity index (χ0v) is 13.4. The molecule has 1 fully saturated rings. The molecular formula is C17H17N3OS. The zero-order valence-electron chi connectivity index (χ0n) is 12.5. The minimum atomic E-state index is -0.102. The lowest BCUT2D eigenvalue weighted by atomic mass is 10.2. The van der Waals surface area contributed by atoms with Crippen molar-refractivity contribution in [3.8, 4) is 0 Å². The molecule has 5 heteroatoms. The van der Waals surface area contributed by atoms with Gasteiger partial charge < -0.3 is 9.88 Å². The smallest absolute Gasteiger partial charge is 0.264 e. The van der Waals surface area contributed by atoms with Gasteiger partial charge in [0.1, 0.15) is 0 Å². The van der Waals surface area contributed by atoms with Crippen LogP contribution in [-0.4, -0.2) is 15.6 Å². The van der Waals surface area contributed by atoms with Crippen LogP contribution in [0.15, 0.2) is 52.5 Å². The maximum absolute atomic E-state index is 12.0. The van der Waals surface area contributed by atoms with Gasteiger partial charge >= 0.3 is 0 Å². The van der Waals surface area contributed by atoms with Gasteiger partial charge in [-0.3, -0.25) is 4.79 Å². The third kappa shape index (κ3) is 3.14. The minimum Gasteiger partial charge on any atom is -0.351 e. The number of thioether (sulfide) groups is 1. The molecule has 0 atom stereocenters. The molecule has 0 bridgehead atoms. The standard InChI is InChI=1S/C17H17N3OS/c1-3-12-6-8-13(9-7-12)18-17-19-16(21)15(22-17)11-14-5-4-10-20(14)2/h4-11H,3H2,1-2H3,(H,18,19,21)/b15-11-. The lowest BCUT2D eigenvalue weighted by Gasteiger charge is -1.98. The van der Waals surface area contributed by atoms with Crippen LogP contribution in [0.2, 0.25) is 0 Å². The molecule has 1 aromatic heterocycles. The Balaban J connectivity index is 1.80. The summed E-state index contributed by atoms with van der Waals surface area (Å²) in [6, 6.07) is 12.0. The van der Waals surface area contributed by atoms with E-state index >= 15 is 0 Å². The number of hydrogen-bond acceptors (Lipinski definition) is 3. The maximum atomic E-state index is 12.0. The van der Waals surface area contributed by atoms with Crippen molar-refractivity contribution in [2.45, 2.75) is 13.3 Å². The van der Waals surface area contributed by atoms with Crippen molar-refractivity contribution in [3.05, 3.63) is 58.8 Å². The third-order valence-corrected chi connectivity index (χ3v) is 4.40. The highest BCUT2D eigenvalue weighted by Gasteiger charge is 2.24. The molecule has 1 aliphatic heterocycles. The van der Waals surface area contributed by atoms with E-state index in [2.05, 4.69) is 29.4 Å². The Morgan fingerprint density at radius 3 is 2.68 bits per heavy atom. The molecule has 0 saturated carbocycles. The predicted molar refractivity (Wildman–Crippen MR) is 92.0 cm³/mol. The fourth-order valence-corrected chi connectivity index (χ4v) is 2.99. The number of carbonyl (C=O) groups excluding carboxylic acids is 1. The average molecular weight is 311 g/mol. The molecular weight excluding hydrogens is 294 g/mol. The van der Waals surface area contributed by atoms with Gasteiger partial charge in [-0.1, -0.05) is 19.1 Å². The number of nitrogens with zero attached hydrogens (tertiary/aromatic N) is 2. The van der Waals surface area contributed by atoms with Gasteiger partial charge in [0.15, 0.2) is 5.17 Å². The number of hydrogen-bond donors (Lipinski definition) is 1. The van der Waals surface area contributed by atoms with Crippen LogP contribution >= 0.6 is 11.8 Å². The summed E-state index contributed by atoms with van der Waals surface area (Å²) in [7, 11) is 1.95. The summed E-state index contributed by atoms with van der Waals surface area (Å²) < 4.78 is 1.97. The van der Waals surface area contributed by atoms with E-state index in [0.717, 1.165) is 17.8 Å². The van der Waals surface area contributed by atoms with Crippen molar-refractivity contribution >= 4 is 34.6 Å². The molecule has 2 aromatic rings. The lowest BCUT2D eigenvalue weighted by molar-refractivity contribution is -0.115. The molecule has 0 aliphatic carbocycles. The number of amides is 1. The van der Waals surface area contributed by atoms with Gasteiger partial charge in [0.2, 0.25) is 0 Å². The molecule has 112 valence electrons. The first-order valence-electron chi connectivity index (χ1n) is 7.15. The first kappa shape index (κ1) is 14.7. The molecule has 22 heavy (non-hydrogen) atoms. The van der Waals surface area contributed by atoms with Crippen LogP contribution in [0.4, 0.5) is 5.69 Å². The molecule has 1 saturated heterocycles. The van der Waals surface area contributed by atoms with E-state index in [1.165, 1.54) is 17.3 Å². The maximum Gasteiger partial charge on any atom is 0.264 e. The minimum absolute atomic E-state index is 0.102. The highest BCUT2D eigenvalue weighted by molar-refractivity contribution is 8.18. The van der Waals surface area contributed by atoms with E-state index in [4.69, 9.17) is 0 Å². The van der Waals surface area contributed by atoms with E-state index in [-0.39, 0.29) is 5.91 Å². The SMILES string of the molecule is CCc1ccc(N=C2NC(=O)/C(=C/c3cccn3C)S2)cc1. The molecule has 0 spiro atoms. The number of nitrogens with one attached hydrogen (secondary N) is 1.